The van der Waals surface area contributed by atoms with Crippen LogP contribution in [0, 0.1) is 11.6 Å². The Bertz CT molecular complexity index is 994. The maximum Gasteiger partial charge on any atom is 0.144 e. The minimum Gasteiger partial charge on any atom is -0.367 e. The highest BCUT2D eigenvalue weighted by molar-refractivity contribution is 6.42. The molecule has 1 aromatic heterocycles. The lowest BCUT2D eigenvalue weighted by Gasteiger charge is -2.23. The van der Waals surface area contributed by atoms with Crippen LogP contribution in [0.15, 0.2) is 42.6 Å². The zero-order chi connectivity index (χ0) is 18.3. The van der Waals surface area contributed by atoms with Gasteiger partial charge in [-0.05, 0) is 35.9 Å². The Balaban J connectivity index is 1.58. The molecule has 2 heterocycles. The van der Waals surface area contributed by atoms with Crippen LogP contribution in [0.4, 0.5) is 8.78 Å². The number of aromatic nitrogens is 2. The third-order valence-corrected chi connectivity index (χ3v) is 4.92. The van der Waals surface area contributed by atoms with Crippen molar-refractivity contribution in [3.8, 4) is 11.4 Å². The van der Waals surface area contributed by atoms with Gasteiger partial charge < -0.3 is 9.88 Å². The van der Waals surface area contributed by atoms with E-state index in [1.807, 2.05) is 29.3 Å². The van der Waals surface area contributed by atoms with Gasteiger partial charge in [-0.25, -0.2) is 13.8 Å². The van der Waals surface area contributed by atoms with Crippen molar-refractivity contribution in [1.82, 2.24) is 14.9 Å². The number of benzene rings is 2. The topological polar surface area (TPSA) is 31.9 Å². The van der Waals surface area contributed by atoms with E-state index in [0.29, 0.717) is 28.8 Å². The fourth-order valence-corrected chi connectivity index (χ4v) is 3.26. The molecule has 132 valence electrons. The van der Waals surface area contributed by atoms with E-state index in [-0.39, 0.29) is 11.4 Å². The van der Waals surface area contributed by atoms with Gasteiger partial charge in [0.1, 0.15) is 17.5 Å². The van der Waals surface area contributed by atoms with E-state index in [1.165, 1.54) is 18.2 Å². The molecule has 0 unspecified atom stereocenters. The van der Waals surface area contributed by atoms with Crippen molar-refractivity contribution in [3.63, 3.8) is 0 Å². The predicted molar refractivity (Wildman–Crippen MR) is 98.7 cm³/mol. The number of H-pyrrole nitrogens is 1. The number of nitrogens with zero attached hydrogens (tertiary/aromatic N) is 2. The Labute approximate surface area is 158 Å². The van der Waals surface area contributed by atoms with Gasteiger partial charge in [0.15, 0.2) is 0 Å². The number of fused-ring (bicyclic) bond motifs is 1. The van der Waals surface area contributed by atoms with E-state index in [1.54, 1.807) is 6.07 Å². The number of hydrogen-bond donors (Lipinski definition) is 1. The molecule has 2 aromatic carbocycles. The molecular formula is C19H13Cl2F2N3. The van der Waals surface area contributed by atoms with Crippen molar-refractivity contribution >= 4 is 29.3 Å². The minimum absolute atomic E-state index is 0.147. The van der Waals surface area contributed by atoms with Crippen LogP contribution in [0.1, 0.15) is 17.0 Å². The summed E-state index contributed by atoms with van der Waals surface area (Å²) in [5, 5.41) is 1.02. The zero-order valence-corrected chi connectivity index (χ0v) is 15.0. The SMILES string of the molecule is Fc1cccc(F)c1-c1nc2c([nH]1)CN(Cc1ccc(Cl)c(Cl)c1)C=C2. The van der Waals surface area contributed by atoms with Crippen LogP contribution in [0.5, 0.6) is 0 Å². The maximum atomic E-state index is 14.0. The highest BCUT2D eigenvalue weighted by Gasteiger charge is 2.20. The number of rotatable bonds is 3. The lowest BCUT2D eigenvalue weighted by molar-refractivity contribution is 0.355. The van der Waals surface area contributed by atoms with Crippen LogP contribution in [-0.4, -0.2) is 14.9 Å². The van der Waals surface area contributed by atoms with Crippen molar-refractivity contribution in [2.24, 2.45) is 0 Å². The summed E-state index contributed by atoms with van der Waals surface area (Å²) < 4.78 is 28.0. The molecule has 3 aromatic rings. The minimum atomic E-state index is -0.646. The van der Waals surface area contributed by atoms with Crippen LogP contribution < -0.4 is 0 Å². The molecule has 0 fully saturated rings. The summed E-state index contributed by atoms with van der Waals surface area (Å²) in [6.45, 7) is 1.16. The summed E-state index contributed by atoms with van der Waals surface area (Å²) in [6, 6.07) is 9.24. The van der Waals surface area contributed by atoms with Crippen molar-refractivity contribution in [3.05, 3.63) is 81.2 Å². The van der Waals surface area contributed by atoms with E-state index in [2.05, 4.69) is 9.97 Å². The lowest BCUT2D eigenvalue weighted by Crippen LogP contribution is -2.19. The van der Waals surface area contributed by atoms with Gasteiger partial charge in [-0.2, -0.15) is 0 Å². The number of hydrogen-bond acceptors (Lipinski definition) is 2. The van der Waals surface area contributed by atoms with Gasteiger partial charge in [0, 0.05) is 12.7 Å². The van der Waals surface area contributed by atoms with Gasteiger partial charge in [0.2, 0.25) is 0 Å². The van der Waals surface area contributed by atoms with Crippen molar-refractivity contribution in [1.29, 1.82) is 0 Å². The first-order chi connectivity index (χ1) is 12.5. The Morgan fingerprint density at radius 3 is 2.58 bits per heavy atom. The van der Waals surface area contributed by atoms with Crippen LogP contribution in [0.3, 0.4) is 0 Å². The first-order valence-electron chi connectivity index (χ1n) is 7.90. The third kappa shape index (κ3) is 3.20. The lowest BCUT2D eigenvalue weighted by atomic mass is 10.2. The summed E-state index contributed by atoms with van der Waals surface area (Å²) in [4.78, 5) is 9.40. The summed E-state index contributed by atoms with van der Waals surface area (Å²) in [7, 11) is 0. The second-order valence-electron chi connectivity index (χ2n) is 6.02. The molecule has 0 spiro atoms. The molecule has 0 atom stereocenters. The van der Waals surface area contributed by atoms with Crippen molar-refractivity contribution in [2.45, 2.75) is 13.1 Å². The van der Waals surface area contributed by atoms with Gasteiger partial charge in [-0.15, -0.1) is 0 Å². The van der Waals surface area contributed by atoms with Crippen molar-refractivity contribution in [2.75, 3.05) is 0 Å². The van der Waals surface area contributed by atoms with E-state index < -0.39 is 11.6 Å². The molecule has 0 saturated heterocycles. The van der Waals surface area contributed by atoms with Crippen LogP contribution in [-0.2, 0) is 13.1 Å². The van der Waals surface area contributed by atoms with E-state index in [0.717, 1.165) is 11.3 Å². The van der Waals surface area contributed by atoms with Crippen molar-refractivity contribution < 1.29 is 8.78 Å². The Morgan fingerprint density at radius 1 is 1.08 bits per heavy atom. The standard InChI is InChI=1S/C19H13Cl2F2N3/c20-12-5-4-11(8-13(12)21)9-26-7-6-16-17(10-26)25-19(24-16)18-14(22)2-1-3-15(18)23/h1-8H,9-10H2,(H,24,25). The smallest absolute Gasteiger partial charge is 0.144 e. The highest BCUT2D eigenvalue weighted by atomic mass is 35.5. The van der Waals surface area contributed by atoms with Crippen LogP contribution in [0.2, 0.25) is 10.0 Å². The summed E-state index contributed by atoms with van der Waals surface area (Å²) >= 11 is 12.0. The fourth-order valence-electron chi connectivity index (χ4n) is 2.94. The quantitative estimate of drug-likeness (QED) is 0.625. The Hall–Kier alpha value is -2.37. The Morgan fingerprint density at radius 2 is 1.85 bits per heavy atom. The van der Waals surface area contributed by atoms with Gasteiger partial charge in [-0.1, -0.05) is 35.3 Å². The van der Waals surface area contributed by atoms with E-state index >= 15 is 0 Å². The molecule has 4 rings (SSSR count). The fraction of sp³-hybridized carbons (Fsp3) is 0.105. The summed E-state index contributed by atoms with van der Waals surface area (Å²) in [5.74, 6) is -1.10. The number of aromatic amines is 1. The average molecular weight is 392 g/mol. The second kappa shape index (κ2) is 6.74. The summed E-state index contributed by atoms with van der Waals surface area (Å²) in [6.07, 6.45) is 3.71. The molecule has 1 aliphatic heterocycles. The van der Waals surface area contributed by atoms with E-state index in [9.17, 15) is 8.78 Å². The first-order valence-corrected chi connectivity index (χ1v) is 8.66. The normalized spacial score (nSPS) is 13.2. The molecule has 3 nitrogen and oxygen atoms in total. The number of halogens is 4. The molecule has 0 amide bonds. The zero-order valence-electron chi connectivity index (χ0n) is 13.4. The first kappa shape index (κ1) is 17.1. The molecule has 0 saturated carbocycles. The highest BCUT2D eigenvalue weighted by Crippen LogP contribution is 2.28. The largest absolute Gasteiger partial charge is 0.367 e. The number of nitrogens with one attached hydrogen (secondary N) is 1. The molecular weight excluding hydrogens is 379 g/mol. The number of imidazole rings is 1. The van der Waals surface area contributed by atoms with Gasteiger partial charge in [0.05, 0.1) is 33.5 Å². The second-order valence-corrected chi connectivity index (χ2v) is 6.83. The van der Waals surface area contributed by atoms with Crippen LogP contribution >= 0.6 is 23.2 Å². The molecule has 26 heavy (non-hydrogen) atoms. The molecule has 0 aliphatic carbocycles. The molecule has 0 bridgehead atoms. The predicted octanol–water partition coefficient (Wildman–Crippen LogP) is 5.65. The molecule has 7 heteroatoms. The summed E-state index contributed by atoms with van der Waals surface area (Å²) in [5.41, 5.74) is 2.33. The van der Waals surface area contributed by atoms with Crippen LogP contribution in [0.25, 0.3) is 17.5 Å². The monoisotopic (exact) mass is 391 g/mol. The average Bonchev–Trinajstić information content (AvgIpc) is 3.01. The van der Waals surface area contributed by atoms with Gasteiger partial charge in [0.25, 0.3) is 0 Å². The van der Waals surface area contributed by atoms with Gasteiger partial charge in [-0.3, -0.25) is 0 Å². The van der Waals surface area contributed by atoms with Gasteiger partial charge >= 0.3 is 0 Å². The Kier molecular flexibility index (Phi) is 4.42. The molecule has 1 aliphatic rings. The maximum absolute atomic E-state index is 14.0. The third-order valence-electron chi connectivity index (χ3n) is 4.18. The molecule has 0 radical (unpaired) electrons. The molecule has 1 N–H and O–H groups in total. The van der Waals surface area contributed by atoms with E-state index in [4.69, 9.17) is 23.2 Å².